The van der Waals surface area contributed by atoms with Gasteiger partial charge in [-0.2, -0.15) is 0 Å². The van der Waals surface area contributed by atoms with E-state index in [9.17, 15) is 4.79 Å². The first kappa shape index (κ1) is 12.4. The summed E-state index contributed by atoms with van der Waals surface area (Å²) in [6.45, 7) is 1.39. The average molecular weight is 317 g/mol. The number of carbonyl (C=O) groups excluding carboxylic acids is 1. The summed E-state index contributed by atoms with van der Waals surface area (Å²) >= 11 is 3.51. The molecule has 1 aromatic carbocycles. The topological polar surface area (TPSA) is 33.2 Å². The van der Waals surface area contributed by atoms with Crippen molar-refractivity contribution in [3.63, 3.8) is 0 Å². The molecule has 0 aliphatic carbocycles. The number of halogens is 1. The van der Waals surface area contributed by atoms with Crippen LogP contribution in [0.1, 0.15) is 21.6 Å². The summed E-state index contributed by atoms with van der Waals surface area (Å²) < 4.78 is 1.01. The summed E-state index contributed by atoms with van der Waals surface area (Å²) in [6, 6.07) is 11.6. The van der Waals surface area contributed by atoms with E-state index >= 15 is 0 Å². The molecule has 2 heterocycles. The van der Waals surface area contributed by atoms with Gasteiger partial charge in [0.05, 0.1) is 0 Å². The molecule has 0 spiro atoms. The van der Waals surface area contributed by atoms with Crippen molar-refractivity contribution >= 4 is 21.8 Å². The lowest BCUT2D eigenvalue weighted by molar-refractivity contribution is 0.0780. The Kier molecular flexibility index (Phi) is 3.34. The monoisotopic (exact) mass is 316 g/mol. The number of aromatic nitrogens is 1. The van der Waals surface area contributed by atoms with Crippen LogP contribution in [-0.2, 0) is 13.0 Å². The number of amides is 1. The van der Waals surface area contributed by atoms with E-state index in [1.165, 1.54) is 0 Å². The van der Waals surface area contributed by atoms with Gasteiger partial charge in [-0.1, -0.05) is 28.1 Å². The first-order chi connectivity index (χ1) is 9.25. The molecule has 0 fully saturated rings. The van der Waals surface area contributed by atoms with Crippen LogP contribution in [0.25, 0.3) is 0 Å². The number of hydrogen-bond donors (Lipinski definition) is 0. The number of hydrogen-bond acceptors (Lipinski definition) is 2. The fraction of sp³-hybridized carbons (Fsp3) is 0.200. The highest BCUT2D eigenvalue weighted by Gasteiger charge is 2.28. The van der Waals surface area contributed by atoms with Gasteiger partial charge in [0.25, 0.3) is 5.91 Å². The molecule has 1 aliphatic rings. The van der Waals surface area contributed by atoms with Gasteiger partial charge < -0.3 is 4.90 Å². The number of pyridine rings is 1. The molecule has 0 bridgehead atoms. The molecule has 0 unspecified atom stereocenters. The second-order valence-electron chi connectivity index (χ2n) is 4.56. The number of benzene rings is 1. The first-order valence-corrected chi connectivity index (χ1v) is 7.01. The molecule has 3 rings (SSSR count). The van der Waals surface area contributed by atoms with Crippen molar-refractivity contribution in [1.29, 1.82) is 0 Å². The molecule has 4 heteroatoms. The van der Waals surface area contributed by atoms with E-state index in [0.717, 1.165) is 27.7 Å². The highest BCUT2D eigenvalue weighted by molar-refractivity contribution is 9.10. The zero-order valence-electron chi connectivity index (χ0n) is 10.3. The van der Waals surface area contributed by atoms with E-state index in [0.29, 0.717) is 13.1 Å². The fourth-order valence-corrected chi connectivity index (χ4v) is 2.82. The molecule has 1 aliphatic heterocycles. The smallest absolute Gasteiger partial charge is 0.254 e. The normalized spacial score (nSPS) is 13.7. The van der Waals surface area contributed by atoms with Crippen LogP contribution in [0.15, 0.2) is 47.1 Å². The highest BCUT2D eigenvalue weighted by atomic mass is 79.9. The minimum Gasteiger partial charge on any atom is -0.334 e. The maximum absolute atomic E-state index is 12.3. The standard InChI is InChI=1S/C15H13BrN2O/c16-14-6-3-5-12-13(14)10-18(15(12)19)9-7-11-4-1-2-8-17-11/h1-6,8H,7,9-10H2. The number of rotatable bonds is 3. The average Bonchev–Trinajstić information content (AvgIpc) is 2.77. The van der Waals surface area contributed by atoms with Gasteiger partial charge in [0.15, 0.2) is 0 Å². The van der Waals surface area contributed by atoms with Gasteiger partial charge in [-0.25, -0.2) is 0 Å². The SMILES string of the molecule is O=C1c2cccc(Br)c2CN1CCc1ccccn1. The third kappa shape index (κ3) is 2.40. The summed E-state index contributed by atoms with van der Waals surface area (Å²) in [6.07, 6.45) is 2.57. The predicted octanol–water partition coefficient (Wildman–Crippen LogP) is 3.04. The zero-order valence-corrected chi connectivity index (χ0v) is 11.9. The summed E-state index contributed by atoms with van der Waals surface area (Å²) in [7, 11) is 0. The molecule has 19 heavy (non-hydrogen) atoms. The van der Waals surface area contributed by atoms with Crippen LogP contribution in [0, 0.1) is 0 Å². The zero-order chi connectivity index (χ0) is 13.2. The van der Waals surface area contributed by atoms with Crippen LogP contribution >= 0.6 is 15.9 Å². The molecule has 96 valence electrons. The minimum atomic E-state index is 0.118. The molecule has 0 radical (unpaired) electrons. The second-order valence-corrected chi connectivity index (χ2v) is 5.42. The van der Waals surface area contributed by atoms with Crippen LogP contribution in [0.5, 0.6) is 0 Å². The van der Waals surface area contributed by atoms with Crippen LogP contribution < -0.4 is 0 Å². The van der Waals surface area contributed by atoms with Crippen molar-refractivity contribution in [3.8, 4) is 0 Å². The molecule has 0 atom stereocenters. The molecule has 1 aromatic heterocycles. The van der Waals surface area contributed by atoms with E-state index in [4.69, 9.17) is 0 Å². The Morgan fingerprint density at radius 1 is 1.21 bits per heavy atom. The maximum Gasteiger partial charge on any atom is 0.254 e. The summed E-state index contributed by atoms with van der Waals surface area (Å²) in [5, 5.41) is 0. The van der Waals surface area contributed by atoms with E-state index < -0.39 is 0 Å². The van der Waals surface area contributed by atoms with Gasteiger partial charge in [-0.05, 0) is 29.8 Å². The molecule has 0 saturated heterocycles. The van der Waals surface area contributed by atoms with Gasteiger partial charge in [0.1, 0.15) is 0 Å². The van der Waals surface area contributed by atoms with Crippen molar-refractivity contribution in [2.75, 3.05) is 6.54 Å². The molecular weight excluding hydrogens is 304 g/mol. The lowest BCUT2D eigenvalue weighted by Gasteiger charge is -2.15. The number of fused-ring (bicyclic) bond motifs is 1. The summed E-state index contributed by atoms with van der Waals surface area (Å²) in [4.78, 5) is 18.4. The lowest BCUT2D eigenvalue weighted by Crippen LogP contribution is -2.26. The van der Waals surface area contributed by atoms with Gasteiger partial charge in [0.2, 0.25) is 0 Å². The third-order valence-corrected chi connectivity index (χ3v) is 4.09. The first-order valence-electron chi connectivity index (χ1n) is 6.22. The third-order valence-electron chi connectivity index (χ3n) is 3.35. The second kappa shape index (κ2) is 5.13. The summed E-state index contributed by atoms with van der Waals surface area (Å²) in [5.41, 5.74) is 2.93. The molecule has 2 aromatic rings. The number of nitrogens with zero attached hydrogens (tertiary/aromatic N) is 2. The Hall–Kier alpha value is -1.68. The molecule has 1 amide bonds. The van der Waals surface area contributed by atoms with E-state index in [1.54, 1.807) is 6.20 Å². The van der Waals surface area contributed by atoms with Crippen molar-refractivity contribution in [1.82, 2.24) is 9.88 Å². The van der Waals surface area contributed by atoms with Crippen LogP contribution in [0.4, 0.5) is 0 Å². The van der Waals surface area contributed by atoms with Crippen molar-refractivity contribution in [2.45, 2.75) is 13.0 Å². The Balaban J connectivity index is 1.72. The highest BCUT2D eigenvalue weighted by Crippen LogP contribution is 2.29. The van der Waals surface area contributed by atoms with Crippen molar-refractivity contribution in [2.24, 2.45) is 0 Å². The lowest BCUT2D eigenvalue weighted by atomic mass is 10.1. The maximum atomic E-state index is 12.3. The van der Waals surface area contributed by atoms with Gasteiger partial charge in [0, 0.05) is 41.4 Å². The van der Waals surface area contributed by atoms with Crippen molar-refractivity contribution < 1.29 is 4.79 Å². The van der Waals surface area contributed by atoms with E-state index in [1.807, 2.05) is 41.3 Å². The summed E-state index contributed by atoms with van der Waals surface area (Å²) in [5.74, 6) is 0.118. The molecular formula is C15H13BrN2O. The quantitative estimate of drug-likeness (QED) is 0.872. The largest absolute Gasteiger partial charge is 0.334 e. The fourth-order valence-electron chi connectivity index (χ4n) is 2.33. The van der Waals surface area contributed by atoms with Crippen LogP contribution in [0.3, 0.4) is 0 Å². The molecule has 0 saturated carbocycles. The van der Waals surface area contributed by atoms with Gasteiger partial charge in [-0.3, -0.25) is 9.78 Å². The Morgan fingerprint density at radius 2 is 2.11 bits per heavy atom. The predicted molar refractivity (Wildman–Crippen MR) is 76.8 cm³/mol. The Bertz CT molecular complexity index is 613. The Morgan fingerprint density at radius 3 is 2.84 bits per heavy atom. The van der Waals surface area contributed by atoms with Gasteiger partial charge in [-0.15, -0.1) is 0 Å². The van der Waals surface area contributed by atoms with Crippen LogP contribution in [0.2, 0.25) is 0 Å². The van der Waals surface area contributed by atoms with Crippen molar-refractivity contribution in [3.05, 3.63) is 63.9 Å². The number of carbonyl (C=O) groups is 1. The van der Waals surface area contributed by atoms with Gasteiger partial charge >= 0.3 is 0 Å². The minimum absolute atomic E-state index is 0.118. The van der Waals surface area contributed by atoms with E-state index in [2.05, 4.69) is 20.9 Å². The molecule has 0 N–H and O–H groups in total. The van der Waals surface area contributed by atoms with Crippen LogP contribution in [-0.4, -0.2) is 22.3 Å². The van der Waals surface area contributed by atoms with E-state index in [-0.39, 0.29) is 5.91 Å². The molecule has 3 nitrogen and oxygen atoms in total. The Labute approximate surface area is 120 Å².